The fraction of sp³-hybridized carbons (Fsp3) is 0.522. The average Bonchev–Trinajstić information content (AvgIpc) is 3.51. The minimum absolute atomic E-state index is 0.195. The van der Waals surface area contributed by atoms with Gasteiger partial charge in [0.05, 0.1) is 26.0 Å². The number of nitrogens with one attached hydrogen (secondary N) is 2. The lowest BCUT2D eigenvalue weighted by atomic mass is 10.1. The van der Waals surface area contributed by atoms with Gasteiger partial charge in [-0.05, 0) is 24.5 Å². The van der Waals surface area contributed by atoms with Gasteiger partial charge < -0.3 is 26.8 Å². The van der Waals surface area contributed by atoms with Crippen molar-refractivity contribution in [3.05, 3.63) is 35.5 Å². The molecule has 0 saturated carbocycles. The van der Waals surface area contributed by atoms with Crippen molar-refractivity contribution in [2.45, 2.75) is 57.5 Å². The minimum Gasteiger partial charge on any atom is -0.496 e. The summed E-state index contributed by atoms with van der Waals surface area (Å²) in [6, 6.07) is 7.75. The Labute approximate surface area is 193 Å². The first-order valence-electron chi connectivity index (χ1n) is 11.7. The molecular formula is C23H33N9O. The van der Waals surface area contributed by atoms with Gasteiger partial charge in [-0.25, -0.2) is 4.98 Å². The van der Waals surface area contributed by atoms with E-state index in [2.05, 4.69) is 55.7 Å². The van der Waals surface area contributed by atoms with Crippen LogP contribution in [0.1, 0.15) is 37.3 Å². The zero-order valence-electron chi connectivity index (χ0n) is 19.3. The Morgan fingerprint density at radius 1 is 1.30 bits per heavy atom. The largest absolute Gasteiger partial charge is 0.496 e. The third-order valence-corrected chi connectivity index (χ3v) is 6.65. The number of nitrogens with zero attached hydrogens (tertiary/aromatic N) is 5. The number of piperazine rings is 1. The molecule has 2 aliphatic rings. The number of methoxy groups -OCH3 is 1. The number of hydrogen-bond donors (Lipinski definition) is 4. The van der Waals surface area contributed by atoms with E-state index in [-0.39, 0.29) is 12.1 Å². The van der Waals surface area contributed by atoms with Gasteiger partial charge in [0.1, 0.15) is 16.8 Å². The molecule has 2 aromatic heterocycles. The van der Waals surface area contributed by atoms with E-state index in [0.717, 1.165) is 49.3 Å². The quantitative estimate of drug-likeness (QED) is 0.357. The second-order valence-corrected chi connectivity index (χ2v) is 9.08. The molecule has 33 heavy (non-hydrogen) atoms. The van der Waals surface area contributed by atoms with Gasteiger partial charge in [0, 0.05) is 37.3 Å². The number of ether oxygens (including phenoxy) is 1. The van der Waals surface area contributed by atoms with E-state index >= 15 is 0 Å². The molecule has 1 unspecified atom stereocenters. The lowest BCUT2D eigenvalue weighted by molar-refractivity contribution is 0.217. The highest BCUT2D eigenvalue weighted by atomic mass is 16.5. The molecule has 0 amide bonds. The Kier molecular flexibility index (Phi) is 6.05. The number of aromatic nitrogens is 4. The SMILES string of the molecule is CCCC(N)Nc1nc(N)nc2cnn(Cc3ccc(CN4C[C@@H]5C[C@H]4CN5)cc3OC)c12. The molecule has 3 aromatic rings. The van der Waals surface area contributed by atoms with Crippen molar-refractivity contribution < 1.29 is 4.74 Å². The lowest BCUT2D eigenvalue weighted by Gasteiger charge is -2.27. The molecule has 1 aromatic carbocycles. The number of benzene rings is 1. The number of likely N-dealkylation sites (tertiary alicyclic amines) is 1. The molecule has 10 nitrogen and oxygen atoms in total. The van der Waals surface area contributed by atoms with Crippen molar-refractivity contribution >= 4 is 22.8 Å². The molecule has 2 bridgehead atoms. The molecule has 2 fully saturated rings. The Bertz CT molecular complexity index is 1130. The van der Waals surface area contributed by atoms with E-state index in [9.17, 15) is 0 Å². The summed E-state index contributed by atoms with van der Waals surface area (Å²) in [6.07, 6.45) is 4.54. The predicted molar refractivity (Wildman–Crippen MR) is 129 cm³/mol. The molecule has 4 heterocycles. The van der Waals surface area contributed by atoms with Crippen LogP contribution >= 0.6 is 0 Å². The van der Waals surface area contributed by atoms with Crippen molar-refractivity contribution in [1.29, 1.82) is 0 Å². The van der Waals surface area contributed by atoms with E-state index in [0.29, 0.717) is 30.0 Å². The van der Waals surface area contributed by atoms with Gasteiger partial charge in [0.15, 0.2) is 5.82 Å². The molecule has 5 rings (SSSR count). The fourth-order valence-corrected chi connectivity index (χ4v) is 5.05. The summed E-state index contributed by atoms with van der Waals surface area (Å²) in [5.41, 5.74) is 15.9. The summed E-state index contributed by atoms with van der Waals surface area (Å²) < 4.78 is 7.63. The minimum atomic E-state index is -0.222. The van der Waals surface area contributed by atoms with Crippen LogP contribution in [0, 0.1) is 0 Å². The van der Waals surface area contributed by atoms with Crippen molar-refractivity contribution in [3.63, 3.8) is 0 Å². The Morgan fingerprint density at radius 2 is 2.18 bits per heavy atom. The topological polar surface area (TPSA) is 132 Å². The predicted octanol–water partition coefficient (Wildman–Crippen LogP) is 1.51. The Morgan fingerprint density at radius 3 is 2.91 bits per heavy atom. The number of nitrogens with two attached hydrogens (primary N) is 2. The highest BCUT2D eigenvalue weighted by Crippen LogP contribution is 2.29. The number of nitrogen functional groups attached to an aromatic ring is 1. The summed E-state index contributed by atoms with van der Waals surface area (Å²) in [4.78, 5) is 11.3. The van der Waals surface area contributed by atoms with Crippen molar-refractivity contribution in [3.8, 4) is 5.75 Å². The third-order valence-electron chi connectivity index (χ3n) is 6.65. The number of hydrogen-bond acceptors (Lipinski definition) is 9. The van der Waals surface area contributed by atoms with Gasteiger partial charge in [0.25, 0.3) is 0 Å². The van der Waals surface area contributed by atoms with Crippen LogP contribution in [0.4, 0.5) is 11.8 Å². The van der Waals surface area contributed by atoms with Gasteiger partial charge in [0.2, 0.25) is 5.95 Å². The zero-order chi connectivity index (χ0) is 22.9. The van der Waals surface area contributed by atoms with Crippen LogP contribution < -0.4 is 26.8 Å². The molecule has 0 aliphatic carbocycles. The molecule has 2 aliphatic heterocycles. The Hall–Kier alpha value is -2.95. The first kappa shape index (κ1) is 21.9. The van der Waals surface area contributed by atoms with Crippen molar-refractivity contribution in [2.75, 3.05) is 31.2 Å². The summed E-state index contributed by atoms with van der Waals surface area (Å²) in [5, 5.41) is 11.4. The highest BCUT2D eigenvalue weighted by molar-refractivity contribution is 5.86. The first-order valence-corrected chi connectivity index (χ1v) is 11.7. The van der Waals surface area contributed by atoms with E-state index in [1.54, 1.807) is 13.3 Å². The molecule has 0 spiro atoms. The molecule has 6 N–H and O–H groups in total. The number of fused-ring (bicyclic) bond motifs is 3. The zero-order valence-corrected chi connectivity index (χ0v) is 19.3. The molecule has 0 radical (unpaired) electrons. The number of anilines is 2. The summed E-state index contributed by atoms with van der Waals surface area (Å²) in [6.45, 7) is 5.78. The summed E-state index contributed by atoms with van der Waals surface area (Å²) >= 11 is 0. The standard InChI is InChI=1S/C23H33N9O/c1-3-4-20(24)29-22-21-18(28-23(25)30-22)10-27-32(21)12-15-6-5-14(7-19(15)33-2)11-31-13-16-8-17(31)9-26-16/h5-7,10,16-17,20,26H,3-4,8-9,11-13,24H2,1-2H3,(H3,25,28,29,30)/t16-,17-,20?/m0/s1. The molecule has 10 heteroatoms. The van der Waals surface area contributed by atoms with Crippen LogP contribution in [0.5, 0.6) is 5.75 Å². The van der Waals surface area contributed by atoms with E-state index < -0.39 is 0 Å². The van der Waals surface area contributed by atoms with E-state index in [1.807, 2.05) is 4.68 Å². The Balaban J connectivity index is 1.39. The second kappa shape index (κ2) is 9.12. The van der Waals surface area contributed by atoms with Gasteiger partial charge in [-0.3, -0.25) is 9.58 Å². The monoisotopic (exact) mass is 451 g/mol. The van der Waals surface area contributed by atoms with Gasteiger partial charge in [-0.2, -0.15) is 10.1 Å². The third kappa shape index (κ3) is 4.46. The fourth-order valence-electron chi connectivity index (χ4n) is 5.05. The molecule has 2 saturated heterocycles. The van der Waals surface area contributed by atoms with E-state index in [4.69, 9.17) is 16.2 Å². The van der Waals surface area contributed by atoms with Crippen LogP contribution in [0.25, 0.3) is 11.0 Å². The first-order chi connectivity index (χ1) is 16.0. The maximum Gasteiger partial charge on any atom is 0.222 e. The van der Waals surface area contributed by atoms with Crippen LogP contribution in [0.2, 0.25) is 0 Å². The molecule has 3 atom stereocenters. The van der Waals surface area contributed by atoms with Gasteiger partial charge >= 0.3 is 0 Å². The van der Waals surface area contributed by atoms with Crippen LogP contribution in [-0.2, 0) is 13.1 Å². The van der Waals surface area contributed by atoms with Gasteiger partial charge in [-0.15, -0.1) is 0 Å². The van der Waals surface area contributed by atoms with Crippen LogP contribution in [0.3, 0.4) is 0 Å². The normalized spacial score (nSPS) is 21.1. The molecule has 176 valence electrons. The number of rotatable bonds is 9. The summed E-state index contributed by atoms with van der Waals surface area (Å²) in [5.74, 6) is 1.65. The highest BCUT2D eigenvalue weighted by Gasteiger charge is 2.37. The van der Waals surface area contributed by atoms with Crippen LogP contribution in [-0.4, -0.2) is 63.1 Å². The van der Waals surface area contributed by atoms with Crippen molar-refractivity contribution in [1.82, 2.24) is 30.0 Å². The van der Waals surface area contributed by atoms with E-state index in [1.165, 1.54) is 12.0 Å². The average molecular weight is 452 g/mol. The van der Waals surface area contributed by atoms with Gasteiger partial charge in [-0.1, -0.05) is 25.5 Å². The summed E-state index contributed by atoms with van der Waals surface area (Å²) in [7, 11) is 1.71. The van der Waals surface area contributed by atoms with Crippen LogP contribution in [0.15, 0.2) is 24.4 Å². The lowest BCUT2D eigenvalue weighted by Crippen LogP contribution is -2.42. The smallest absolute Gasteiger partial charge is 0.222 e. The molecular weight excluding hydrogens is 418 g/mol. The maximum absolute atomic E-state index is 6.21. The second-order valence-electron chi connectivity index (χ2n) is 9.08. The van der Waals surface area contributed by atoms with Crippen molar-refractivity contribution in [2.24, 2.45) is 5.73 Å². The maximum atomic E-state index is 6.21.